The minimum Gasteiger partial charge on any atom is -0.351 e. The lowest BCUT2D eigenvalue weighted by Gasteiger charge is -2.22. The van der Waals surface area contributed by atoms with E-state index in [0.29, 0.717) is 13.2 Å². The number of rotatable bonds is 7. The van der Waals surface area contributed by atoms with Crippen molar-refractivity contribution in [3.05, 3.63) is 0 Å². The van der Waals surface area contributed by atoms with Crippen molar-refractivity contribution in [2.24, 2.45) is 5.73 Å². The average molecular weight is 199 g/mol. The molecule has 0 saturated carbocycles. The molecule has 3 nitrogen and oxygen atoms in total. The highest BCUT2D eigenvalue weighted by molar-refractivity contribution is 4.95. The predicted octanol–water partition coefficient (Wildman–Crippen LogP) is 1.52. The molecule has 1 atom stereocenters. The Morgan fingerprint density at radius 1 is 1.21 bits per heavy atom. The SMILES string of the molecule is CC#CCCC(N)C(OCC)OCC. The first-order chi connectivity index (χ1) is 6.76. The molecule has 0 aliphatic carbocycles. The van der Waals surface area contributed by atoms with Crippen molar-refractivity contribution in [1.82, 2.24) is 0 Å². The van der Waals surface area contributed by atoms with Crippen LogP contribution in [0.15, 0.2) is 0 Å². The smallest absolute Gasteiger partial charge is 0.172 e. The molecule has 82 valence electrons. The van der Waals surface area contributed by atoms with Crippen LogP contribution in [0.4, 0.5) is 0 Å². The van der Waals surface area contributed by atoms with Crippen LogP contribution in [0, 0.1) is 11.8 Å². The first-order valence-electron chi connectivity index (χ1n) is 5.14. The summed E-state index contributed by atoms with van der Waals surface area (Å²) in [6.45, 7) is 6.94. The molecule has 0 bridgehead atoms. The summed E-state index contributed by atoms with van der Waals surface area (Å²) in [5, 5.41) is 0. The molecule has 2 N–H and O–H groups in total. The summed E-state index contributed by atoms with van der Waals surface area (Å²) in [6.07, 6.45) is 1.32. The maximum atomic E-state index is 5.91. The van der Waals surface area contributed by atoms with E-state index in [1.165, 1.54) is 0 Å². The number of nitrogens with two attached hydrogens (primary N) is 1. The second-order valence-corrected chi connectivity index (χ2v) is 2.91. The van der Waals surface area contributed by atoms with Crippen LogP contribution < -0.4 is 5.73 Å². The van der Waals surface area contributed by atoms with Gasteiger partial charge in [-0.2, -0.15) is 0 Å². The second kappa shape index (κ2) is 9.01. The lowest BCUT2D eigenvalue weighted by Crippen LogP contribution is -2.38. The number of hydrogen-bond donors (Lipinski definition) is 1. The van der Waals surface area contributed by atoms with Crippen LogP contribution in [0.2, 0.25) is 0 Å². The minimum absolute atomic E-state index is 0.0873. The van der Waals surface area contributed by atoms with E-state index in [4.69, 9.17) is 15.2 Å². The molecule has 0 aliphatic rings. The van der Waals surface area contributed by atoms with Crippen LogP contribution in [0.5, 0.6) is 0 Å². The van der Waals surface area contributed by atoms with Crippen LogP contribution in [0.25, 0.3) is 0 Å². The van der Waals surface area contributed by atoms with Crippen molar-refractivity contribution in [2.45, 2.75) is 45.9 Å². The van der Waals surface area contributed by atoms with E-state index in [1.54, 1.807) is 0 Å². The van der Waals surface area contributed by atoms with Gasteiger partial charge < -0.3 is 15.2 Å². The van der Waals surface area contributed by atoms with Crippen molar-refractivity contribution in [3.8, 4) is 11.8 Å². The molecule has 0 fully saturated rings. The Labute approximate surface area is 87.0 Å². The third-order valence-electron chi connectivity index (χ3n) is 1.79. The highest BCUT2D eigenvalue weighted by Gasteiger charge is 2.16. The predicted molar refractivity (Wildman–Crippen MR) is 57.7 cm³/mol. The van der Waals surface area contributed by atoms with Crippen LogP contribution in [-0.4, -0.2) is 25.5 Å². The van der Waals surface area contributed by atoms with E-state index in [-0.39, 0.29) is 12.3 Å². The average Bonchev–Trinajstić information content (AvgIpc) is 2.18. The Balaban J connectivity index is 3.84. The molecule has 0 rings (SSSR count). The van der Waals surface area contributed by atoms with E-state index >= 15 is 0 Å². The molecule has 0 radical (unpaired) electrons. The molecule has 14 heavy (non-hydrogen) atoms. The standard InChI is InChI=1S/C11H21NO2/c1-4-7-8-9-10(12)11(13-5-2)14-6-3/h10-11H,5-6,8-9,12H2,1-3H3. The largest absolute Gasteiger partial charge is 0.351 e. The van der Waals surface area contributed by atoms with Crippen molar-refractivity contribution >= 4 is 0 Å². The lowest BCUT2D eigenvalue weighted by atomic mass is 10.1. The zero-order valence-corrected chi connectivity index (χ0v) is 9.38. The molecule has 3 heteroatoms. The molecule has 0 heterocycles. The zero-order valence-electron chi connectivity index (χ0n) is 9.38. The van der Waals surface area contributed by atoms with Gasteiger partial charge >= 0.3 is 0 Å². The lowest BCUT2D eigenvalue weighted by molar-refractivity contribution is -0.148. The number of ether oxygens (including phenoxy) is 2. The quantitative estimate of drug-likeness (QED) is 0.499. The molecule has 0 aromatic rings. The Morgan fingerprint density at radius 2 is 1.79 bits per heavy atom. The van der Waals surface area contributed by atoms with Crippen LogP contribution in [0.1, 0.15) is 33.6 Å². The summed E-state index contributed by atoms with van der Waals surface area (Å²) < 4.78 is 10.8. The van der Waals surface area contributed by atoms with Gasteiger partial charge in [-0.15, -0.1) is 11.8 Å². The van der Waals surface area contributed by atoms with Gasteiger partial charge in [0.1, 0.15) is 0 Å². The normalized spacial score (nSPS) is 12.4. The Kier molecular flexibility index (Phi) is 8.65. The number of hydrogen-bond acceptors (Lipinski definition) is 3. The van der Waals surface area contributed by atoms with Crippen LogP contribution in [-0.2, 0) is 9.47 Å². The van der Waals surface area contributed by atoms with Gasteiger partial charge in [0, 0.05) is 19.6 Å². The zero-order chi connectivity index (χ0) is 10.8. The fourth-order valence-electron chi connectivity index (χ4n) is 1.12. The summed E-state index contributed by atoms with van der Waals surface area (Å²) in [7, 11) is 0. The van der Waals surface area contributed by atoms with E-state index in [2.05, 4.69) is 11.8 Å². The molecular weight excluding hydrogens is 178 g/mol. The first-order valence-corrected chi connectivity index (χ1v) is 5.14. The maximum Gasteiger partial charge on any atom is 0.172 e. The molecule has 1 unspecified atom stereocenters. The van der Waals surface area contributed by atoms with Gasteiger partial charge in [-0.25, -0.2) is 0 Å². The fourth-order valence-corrected chi connectivity index (χ4v) is 1.12. The van der Waals surface area contributed by atoms with E-state index in [1.807, 2.05) is 20.8 Å². The molecule has 0 aromatic heterocycles. The van der Waals surface area contributed by atoms with Crippen LogP contribution >= 0.6 is 0 Å². The van der Waals surface area contributed by atoms with Crippen LogP contribution in [0.3, 0.4) is 0 Å². The Morgan fingerprint density at radius 3 is 2.21 bits per heavy atom. The van der Waals surface area contributed by atoms with Gasteiger partial charge in [-0.3, -0.25) is 0 Å². The third-order valence-corrected chi connectivity index (χ3v) is 1.79. The van der Waals surface area contributed by atoms with E-state index in [9.17, 15) is 0 Å². The molecule has 0 aromatic carbocycles. The highest BCUT2D eigenvalue weighted by atomic mass is 16.7. The van der Waals surface area contributed by atoms with Gasteiger partial charge in [0.25, 0.3) is 0 Å². The van der Waals surface area contributed by atoms with Gasteiger partial charge in [-0.1, -0.05) is 0 Å². The molecule has 0 amide bonds. The molecular formula is C11H21NO2. The molecule has 0 spiro atoms. The summed E-state index contributed by atoms with van der Waals surface area (Å²) >= 11 is 0. The minimum atomic E-state index is -0.288. The highest BCUT2D eigenvalue weighted by Crippen LogP contribution is 2.05. The van der Waals surface area contributed by atoms with Crippen molar-refractivity contribution in [3.63, 3.8) is 0 Å². The summed E-state index contributed by atoms with van der Waals surface area (Å²) in [6, 6.07) is -0.0873. The summed E-state index contributed by atoms with van der Waals surface area (Å²) in [4.78, 5) is 0. The monoisotopic (exact) mass is 199 g/mol. The Hall–Kier alpha value is -0.560. The van der Waals surface area contributed by atoms with Gasteiger partial charge in [0.2, 0.25) is 0 Å². The topological polar surface area (TPSA) is 44.5 Å². The molecule has 0 saturated heterocycles. The first kappa shape index (κ1) is 13.4. The van der Waals surface area contributed by atoms with E-state index < -0.39 is 0 Å². The summed E-state index contributed by atoms with van der Waals surface area (Å²) in [5.41, 5.74) is 5.91. The van der Waals surface area contributed by atoms with Gasteiger partial charge in [0.05, 0.1) is 6.04 Å². The second-order valence-electron chi connectivity index (χ2n) is 2.91. The van der Waals surface area contributed by atoms with Gasteiger partial charge in [0.15, 0.2) is 6.29 Å². The van der Waals surface area contributed by atoms with Crippen molar-refractivity contribution in [2.75, 3.05) is 13.2 Å². The third kappa shape index (κ3) is 5.98. The fraction of sp³-hybridized carbons (Fsp3) is 0.818. The van der Waals surface area contributed by atoms with Gasteiger partial charge in [-0.05, 0) is 27.2 Å². The summed E-state index contributed by atoms with van der Waals surface area (Å²) in [5.74, 6) is 5.82. The maximum absolute atomic E-state index is 5.91. The van der Waals surface area contributed by atoms with Crippen molar-refractivity contribution in [1.29, 1.82) is 0 Å². The Bertz CT molecular complexity index is 177. The molecule has 0 aliphatic heterocycles. The van der Waals surface area contributed by atoms with Crippen molar-refractivity contribution < 1.29 is 9.47 Å². The van der Waals surface area contributed by atoms with E-state index in [0.717, 1.165) is 12.8 Å².